The van der Waals surface area contributed by atoms with Crippen LogP contribution < -0.4 is 5.32 Å². The standard InChI is InChI=1S/C16H33N3O2/c1-16(2,3)21-15(20)17-9-6-5-7-11-19-12-8-10-18(4)13-14-19/h5-14H2,1-4H3,(H,17,20). The average molecular weight is 299 g/mol. The normalized spacial score (nSPS) is 18.3. The summed E-state index contributed by atoms with van der Waals surface area (Å²) in [6.07, 6.45) is 4.35. The van der Waals surface area contributed by atoms with E-state index in [0.29, 0.717) is 6.54 Å². The van der Waals surface area contributed by atoms with Gasteiger partial charge in [-0.1, -0.05) is 6.42 Å². The Kier molecular flexibility index (Phi) is 8.04. The topological polar surface area (TPSA) is 44.8 Å². The summed E-state index contributed by atoms with van der Waals surface area (Å²) in [6.45, 7) is 12.3. The molecule has 0 bridgehead atoms. The Morgan fingerprint density at radius 1 is 1.10 bits per heavy atom. The molecule has 0 spiro atoms. The number of alkyl carbamates (subject to hydrolysis) is 1. The fraction of sp³-hybridized carbons (Fsp3) is 0.938. The molecule has 0 aliphatic carbocycles. The lowest BCUT2D eigenvalue weighted by atomic mass is 10.2. The minimum absolute atomic E-state index is 0.307. The number of carbonyl (C=O) groups excluding carboxylic acids is 1. The minimum atomic E-state index is -0.413. The van der Waals surface area contributed by atoms with Crippen molar-refractivity contribution in [2.24, 2.45) is 0 Å². The number of amides is 1. The van der Waals surface area contributed by atoms with Crippen LogP contribution in [0.15, 0.2) is 0 Å². The van der Waals surface area contributed by atoms with Gasteiger partial charge in [0.25, 0.3) is 0 Å². The molecule has 0 atom stereocenters. The molecule has 1 heterocycles. The second kappa shape index (κ2) is 9.26. The number of nitrogens with one attached hydrogen (secondary N) is 1. The van der Waals surface area contributed by atoms with Gasteiger partial charge in [-0.15, -0.1) is 0 Å². The minimum Gasteiger partial charge on any atom is -0.444 e. The maximum atomic E-state index is 11.5. The molecular formula is C16H33N3O2. The molecule has 1 amide bonds. The fourth-order valence-electron chi connectivity index (χ4n) is 2.47. The van der Waals surface area contributed by atoms with Gasteiger partial charge in [-0.2, -0.15) is 0 Å². The molecule has 1 saturated heterocycles. The number of carbonyl (C=O) groups is 1. The van der Waals surface area contributed by atoms with Gasteiger partial charge in [0, 0.05) is 19.6 Å². The van der Waals surface area contributed by atoms with Crippen molar-refractivity contribution >= 4 is 6.09 Å². The van der Waals surface area contributed by atoms with Gasteiger partial charge in [-0.05, 0) is 66.7 Å². The third-order valence-electron chi connectivity index (χ3n) is 3.63. The highest BCUT2D eigenvalue weighted by molar-refractivity contribution is 5.67. The smallest absolute Gasteiger partial charge is 0.407 e. The summed E-state index contributed by atoms with van der Waals surface area (Å²) in [7, 11) is 2.20. The highest BCUT2D eigenvalue weighted by Gasteiger charge is 2.15. The Morgan fingerprint density at radius 3 is 2.57 bits per heavy atom. The van der Waals surface area contributed by atoms with Crippen molar-refractivity contribution in [3.05, 3.63) is 0 Å². The van der Waals surface area contributed by atoms with Gasteiger partial charge in [0.15, 0.2) is 0 Å². The van der Waals surface area contributed by atoms with Crippen LogP contribution in [0.3, 0.4) is 0 Å². The summed E-state index contributed by atoms with van der Waals surface area (Å²) < 4.78 is 5.20. The van der Waals surface area contributed by atoms with Crippen molar-refractivity contribution in [3.63, 3.8) is 0 Å². The second-order valence-corrected chi connectivity index (χ2v) is 6.99. The molecule has 0 aromatic carbocycles. The molecule has 1 N–H and O–H groups in total. The molecule has 124 valence electrons. The first-order valence-electron chi connectivity index (χ1n) is 8.24. The highest BCUT2D eigenvalue weighted by Crippen LogP contribution is 2.07. The molecular weight excluding hydrogens is 266 g/mol. The summed E-state index contributed by atoms with van der Waals surface area (Å²) in [5, 5.41) is 2.81. The summed E-state index contributed by atoms with van der Waals surface area (Å²) >= 11 is 0. The zero-order valence-electron chi connectivity index (χ0n) is 14.3. The van der Waals surface area contributed by atoms with Crippen LogP contribution in [0.5, 0.6) is 0 Å². The molecule has 21 heavy (non-hydrogen) atoms. The molecule has 0 aromatic heterocycles. The van der Waals surface area contributed by atoms with Crippen molar-refractivity contribution in [1.29, 1.82) is 0 Å². The van der Waals surface area contributed by atoms with Crippen LogP contribution in [0.1, 0.15) is 46.5 Å². The van der Waals surface area contributed by atoms with Crippen LogP contribution in [-0.4, -0.2) is 67.8 Å². The molecule has 1 rings (SSSR count). The first kappa shape index (κ1) is 18.2. The van der Waals surface area contributed by atoms with Crippen molar-refractivity contribution in [1.82, 2.24) is 15.1 Å². The Bertz CT molecular complexity index is 302. The molecule has 5 heteroatoms. The molecule has 1 aliphatic rings. The van der Waals surface area contributed by atoms with Crippen molar-refractivity contribution in [3.8, 4) is 0 Å². The van der Waals surface area contributed by atoms with Gasteiger partial charge in [0.2, 0.25) is 0 Å². The number of rotatable bonds is 6. The van der Waals surface area contributed by atoms with E-state index in [0.717, 1.165) is 12.8 Å². The Labute approximate surface area is 130 Å². The summed E-state index contributed by atoms with van der Waals surface area (Å²) in [5.74, 6) is 0. The summed E-state index contributed by atoms with van der Waals surface area (Å²) in [6, 6.07) is 0. The fourth-order valence-corrected chi connectivity index (χ4v) is 2.47. The van der Waals surface area contributed by atoms with E-state index in [1.54, 1.807) is 0 Å². The predicted octanol–water partition coefficient (Wildman–Crippen LogP) is 2.32. The first-order valence-corrected chi connectivity index (χ1v) is 8.24. The van der Waals surface area contributed by atoms with Gasteiger partial charge in [-0.3, -0.25) is 0 Å². The van der Waals surface area contributed by atoms with E-state index < -0.39 is 5.60 Å². The van der Waals surface area contributed by atoms with Gasteiger partial charge in [-0.25, -0.2) is 4.79 Å². The van der Waals surface area contributed by atoms with Crippen LogP contribution in [0, 0.1) is 0 Å². The lowest BCUT2D eigenvalue weighted by Crippen LogP contribution is -2.33. The van der Waals surface area contributed by atoms with E-state index in [-0.39, 0.29) is 6.09 Å². The van der Waals surface area contributed by atoms with E-state index >= 15 is 0 Å². The van der Waals surface area contributed by atoms with Gasteiger partial charge in [0.05, 0.1) is 0 Å². The largest absolute Gasteiger partial charge is 0.444 e. The van der Waals surface area contributed by atoms with E-state index in [2.05, 4.69) is 22.2 Å². The van der Waals surface area contributed by atoms with E-state index in [1.165, 1.54) is 45.6 Å². The third-order valence-corrected chi connectivity index (χ3v) is 3.63. The molecule has 0 saturated carbocycles. The monoisotopic (exact) mass is 299 g/mol. The maximum absolute atomic E-state index is 11.5. The van der Waals surface area contributed by atoms with Gasteiger partial charge >= 0.3 is 6.09 Å². The van der Waals surface area contributed by atoms with Crippen LogP contribution in [-0.2, 0) is 4.74 Å². The Hall–Kier alpha value is -0.810. The van der Waals surface area contributed by atoms with Crippen LogP contribution in [0.2, 0.25) is 0 Å². The molecule has 0 radical (unpaired) electrons. The van der Waals surface area contributed by atoms with Crippen molar-refractivity contribution in [2.75, 3.05) is 46.3 Å². The number of nitrogens with zero attached hydrogens (tertiary/aromatic N) is 2. The number of unbranched alkanes of at least 4 members (excludes halogenated alkanes) is 2. The predicted molar refractivity (Wildman–Crippen MR) is 86.6 cm³/mol. The molecule has 1 fully saturated rings. The number of ether oxygens (including phenoxy) is 1. The lowest BCUT2D eigenvalue weighted by Gasteiger charge is -2.20. The van der Waals surface area contributed by atoms with Crippen molar-refractivity contribution in [2.45, 2.75) is 52.1 Å². The number of hydrogen-bond acceptors (Lipinski definition) is 4. The van der Waals surface area contributed by atoms with Crippen LogP contribution in [0.25, 0.3) is 0 Å². The van der Waals surface area contributed by atoms with Gasteiger partial charge in [0.1, 0.15) is 5.60 Å². The lowest BCUT2D eigenvalue weighted by molar-refractivity contribution is 0.0527. The van der Waals surface area contributed by atoms with E-state index in [4.69, 9.17) is 4.74 Å². The SMILES string of the molecule is CN1CCCN(CCCCCNC(=O)OC(C)(C)C)CC1. The molecule has 0 aromatic rings. The van der Waals surface area contributed by atoms with Crippen LogP contribution >= 0.6 is 0 Å². The number of likely N-dealkylation sites (N-methyl/N-ethyl adjacent to an activating group) is 1. The summed E-state index contributed by atoms with van der Waals surface area (Å²) in [5.41, 5.74) is -0.413. The maximum Gasteiger partial charge on any atom is 0.407 e. The van der Waals surface area contributed by atoms with E-state index in [1.807, 2.05) is 20.8 Å². The van der Waals surface area contributed by atoms with Crippen molar-refractivity contribution < 1.29 is 9.53 Å². The Morgan fingerprint density at radius 2 is 1.86 bits per heavy atom. The molecule has 5 nitrogen and oxygen atoms in total. The van der Waals surface area contributed by atoms with E-state index in [9.17, 15) is 4.79 Å². The summed E-state index contributed by atoms with van der Waals surface area (Å²) in [4.78, 5) is 16.4. The van der Waals surface area contributed by atoms with Gasteiger partial charge < -0.3 is 19.9 Å². The third kappa shape index (κ3) is 9.69. The van der Waals surface area contributed by atoms with Crippen LogP contribution in [0.4, 0.5) is 4.79 Å². The quantitative estimate of drug-likeness (QED) is 0.765. The Balaban J connectivity index is 1.98. The zero-order valence-corrected chi connectivity index (χ0v) is 14.3. The highest BCUT2D eigenvalue weighted by atomic mass is 16.6. The number of hydrogen-bond donors (Lipinski definition) is 1. The average Bonchev–Trinajstić information content (AvgIpc) is 2.56. The first-order chi connectivity index (χ1) is 9.87. The zero-order chi connectivity index (χ0) is 15.7. The second-order valence-electron chi connectivity index (χ2n) is 6.99. The molecule has 1 aliphatic heterocycles. The molecule has 0 unspecified atom stereocenters.